The summed E-state index contributed by atoms with van der Waals surface area (Å²) in [4.78, 5) is 2.41. The maximum Gasteiger partial charge on any atom is 0.243 e. The highest BCUT2D eigenvalue weighted by Gasteiger charge is 2.29. The molecule has 0 aromatic heterocycles. The molecule has 7 heteroatoms. The minimum absolute atomic E-state index is 0.0512. The van der Waals surface area contributed by atoms with Crippen LogP contribution >= 0.6 is 11.6 Å². The number of anilines is 1. The van der Waals surface area contributed by atoms with Crippen molar-refractivity contribution in [1.82, 2.24) is 4.31 Å². The molecule has 1 aliphatic heterocycles. The Hall–Kier alpha value is -1.76. The lowest BCUT2D eigenvalue weighted by Crippen LogP contribution is -2.48. The summed E-state index contributed by atoms with van der Waals surface area (Å²) in [6.07, 6.45) is 0.0512. The van der Waals surface area contributed by atoms with Crippen LogP contribution in [0, 0.1) is 0 Å². The largest absolute Gasteiger partial charge is 0.491 e. The standard InChI is InChI=1S/C19H23ClN2O3S/c1-15(2)25-16-7-9-17(10-8-16)26(23,24)22-13-11-21(12-14-22)19-6-4-3-5-18(19)20/h3-10,15H,11-14H2,1-2H3. The fraction of sp³-hybridized carbons (Fsp3) is 0.368. The van der Waals surface area contributed by atoms with Gasteiger partial charge in [0.1, 0.15) is 5.75 Å². The predicted octanol–water partition coefficient (Wildman–Crippen LogP) is 3.64. The summed E-state index contributed by atoms with van der Waals surface area (Å²) in [5.74, 6) is 0.669. The molecule has 0 saturated carbocycles. The minimum Gasteiger partial charge on any atom is -0.491 e. The van der Waals surface area contributed by atoms with E-state index in [0.717, 1.165) is 5.69 Å². The highest BCUT2D eigenvalue weighted by molar-refractivity contribution is 7.89. The molecule has 1 heterocycles. The first-order chi connectivity index (χ1) is 12.4. The first-order valence-electron chi connectivity index (χ1n) is 8.64. The van der Waals surface area contributed by atoms with E-state index >= 15 is 0 Å². The number of hydrogen-bond donors (Lipinski definition) is 0. The number of rotatable bonds is 5. The van der Waals surface area contributed by atoms with Crippen LogP contribution in [0.5, 0.6) is 5.75 Å². The molecule has 1 fully saturated rings. The number of benzene rings is 2. The molecule has 26 heavy (non-hydrogen) atoms. The number of hydrogen-bond acceptors (Lipinski definition) is 4. The molecule has 0 amide bonds. The Kier molecular flexibility index (Phi) is 5.75. The second-order valence-electron chi connectivity index (χ2n) is 6.48. The van der Waals surface area contributed by atoms with Gasteiger partial charge in [0.2, 0.25) is 10.0 Å². The van der Waals surface area contributed by atoms with Gasteiger partial charge in [0.15, 0.2) is 0 Å². The van der Waals surface area contributed by atoms with Gasteiger partial charge in [0.25, 0.3) is 0 Å². The molecule has 2 aromatic rings. The van der Waals surface area contributed by atoms with Crippen LogP contribution in [0.4, 0.5) is 5.69 Å². The molecule has 2 aromatic carbocycles. The topological polar surface area (TPSA) is 49.9 Å². The third-order valence-electron chi connectivity index (χ3n) is 4.27. The van der Waals surface area contributed by atoms with Crippen molar-refractivity contribution >= 4 is 27.3 Å². The normalized spacial score (nSPS) is 16.1. The first-order valence-corrected chi connectivity index (χ1v) is 10.5. The van der Waals surface area contributed by atoms with Crippen molar-refractivity contribution in [2.75, 3.05) is 31.1 Å². The molecule has 1 aliphatic rings. The monoisotopic (exact) mass is 394 g/mol. The molecule has 0 unspecified atom stereocenters. The van der Waals surface area contributed by atoms with Crippen LogP contribution in [-0.4, -0.2) is 45.0 Å². The number of piperazine rings is 1. The highest BCUT2D eigenvalue weighted by Crippen LogP contribution is 2.27. The molecule has 0 N–H and O–H groups in total. The quantitative estimate of drug-likeness (QED) is 0.776. The van der Waals surface area contributed by atoms with Crippen molar-refractivity contribution in [2.45, 2.75) is 24.8 Å². The zero-order chi connectivity index (χ0) is 18.7. The van der Waals surface area contributed by atoms with Crippen molar-refractivity contribution in [1.29, 1.82) is 0 Å². The fourth-order valence-electron chi connectivity index (χ4n) is 2.99. The van der Waals surface area contributed by atoms with Crippen molar-refractivity contribution in [2.24, 2.45) is 0 Å². The van der Waals surface area contributed by atoms with Gasteiger partial charge in [-0.15, -0.1) is 0 Å². The summed E-state index contributed by atoms with van der Waals surface area (Å²) in [7, 11) is -3.50. The molecular formula is C19H23ClN2O3S. The maximum absolute atomic E-state index is 12.9. The zero-order valence-corrected chi connectivity index (χ0v) is 16.5. The van der Waals surface area contributed by atoms with Gasteiger partial charge in [-0.2, -0.15) is 4.31 Å². The Bertz CT molecular complexity index is 845. The Labute approximate surface area is 160 Å². The predicted molar refractivity (Wildman–Crippen MR) is 105 cm³/mol. The van der Waals surface area contributed by atoms with Gasteiger partial charge < -0.3 is 9.64 Å². The number of ether oxygens (including phenoxy) is 1. The molecule has 140 valence electrons. The zero-order valence-electron chi connectivity index (χ0n) is 14.9. The SMILES string of the molecule is CC(C)Oc1ccc(S(=O)(=O)N2CCN(c3ccccc3Cl)CC2)cc1. The lowest BCUT2D eigenvalue weighted by molar-refractivity contribution is 0.242. The van der Waals surface area contributed by atoms with Crippen molar-refractivity contribution in [3.63, 3.8) is 0 Å². The summed E-state index contributed by atoms with van der Waals surface area (Å²) in [6.45, 7) is 5.94. The molecule has 0 aliphatic carbocycles. The second kappa shape index (κ2) is 7.86. The lowest BCUT2D eigenvalue weighted by Gasteiger charge is -2.35. The van der Waals surface area contributed by atoms with Crippen LogP contribution in [0.15, 0.2) is 53.4 Å². The highest BCUT2D eigenvalue weighted by atomic mass is 35.5. The molecule has 1 saturated heterocycles. The molecule has 0 bridgehead atoms. The maximum atomic E-state index is 12.9. The van der Waals surface area contributed by atoms with E-state index in [1.807, 2.05) is 38.1 Å². The minimum atomic E-state index is -3.50. The van der Waals surface area contributed by atoms with Gasteiger partial charge in [-0.05, 0) is 50.2 Å². The van der Waals surface area contributed by atoms with Crippen LogP contribution in [-0.2, 0) is 10.0 Å². The summed E-state index contributed by atoms with van der Waals surface area (Å²) < 4.78 is 32.8. The lowest BCUT2D eigenvalue weighted by atomic mass is 10.2. The summed E-state index contributed by atoms with van der Waals surface area (Å²) in [6, 6.07) is 14.2. The van der Waals surface area contributed by atoms with Gasteiger partial charge in [0, 0.05) is 26.2 Å². The molecule has 0 atom stereocenters. The Morgan fingerprint density at radius 3 is 2.15 bits per heavy atom. The summed E-state index contributed by atoms with van der Waals surface area (Å²) in [5.41, 5.74) is 0.946. The van der Waals surface area contributed by atoms with Crippen molar-refractivity contribution in [3.05, 3.63) is 53.6 Å². The number of para-hydroxylation sites is 1. The third kappa shape index (κ3) is 4.14. The van der Waals surface area contributed by atoms with E-state index in [1.165, 1.54) is 4.31 Å². The average molecular weight is 395 g/mol. The van der Waals surface area contributed by atoms with E-state index < -0.39 is 10.0 Å². The van der Waals surface area contributed by atoms with E-state index in [2.05, 4.69) is 4.90 Å². The van der Waals surface area contributed by atoms with E-state index in [9.17, 15) is 8.42 Å². The van der Waals surface area contributed by atoms with E-state index in [0.29, 0.717) is 41.8 Å². The molecule has 0 radical (unpaired) electrons. The molecule has 0 spiro atoms. The number of sulfonamides is 1. The van der Waals surface area contributed by atoms with Crippen molar-refractivity contribution < 1.29 is 13.2 Å². The van der Waals surface area contributed by atoms with Crippen LogP contribution in [0.2, 0.25) is 5.02 Å². The number of halogens is 1. The molecule has 3 rings (SSSR count). The van der Waals surface area contributed by atoms with E-state index in [1.54, 1.807) is 24.3 Å². The fourth-order valence-corrected chi connectivity index (χ4v) is 4.67. The summed E-state index contributed by atoms with van der Waals surface area (Å²) >= 11 is 6.25. The second-order valence-corrected chi connectivity index (χ2v) is 8.83. The van der Waals surface area contributed by atoms with Crippen LogP contribution in [0.25, 0.3) is 0 Å². The van der Waals surface area contributed by atoms with E-state index in [-0.39, 0.29) is 6.10 Å². The van der Waals surface area contributed by atoms with Gasteiger partial charge in [-0.3, -0.25) is 0 Å². The van der Waals surface area contributed by atoms with Gasteiger partial charge >= 0.3 is 0 Å². The van der Waals surface area contributed by atoms with Crippen LogP contribution in [0.3, 0.4) is 0 Å². The molecule has 5 nitrogen and oxygen atoms in total. The first kappa shape index (κ1) is 19.0. The number of nitrogens with zero attached hydrogens (tertiary/aromatic N) is 2. The Morgan fingerprint density at radius 2 is 1.58 bits per heavy atom. The van der Waals surface area contributed by atoms with Gasteiger partial charge in [0.05, 0.1) is 21.7 Å². The Balaban J connectivity index is 1.69. The Morgan fingerprint density at radius 1 is 0.962 bits per heavy atom. The van der Waals surface area contributed by atoms with Gasteiger partial charge in [-0.25, -0.2) is 8.42 Å². The van der Waals surface area contributed by atoms with Crippen molar-refractivity contribution in [3.8, 4) is 5.75 Å². The van der Waals surface area contributed by atoms with Crippen LogP contribution < -0.4 is 9.64 Å². The van der Waals surface area contributed by atoms with Crippen LogP contribution in [0.1, 0.15) is 13.8 Å². The molecular weight excluding hydrogens is 372 g/mol. The van der Waals surface area contributed by atoms with Gasteiger partial charge in [-0.1, -0.05) is 23.7 Å². The van der Waals surface area contributed by atoms with E-state index in [4.69, 9.17) is 16.3 Å². The third-order valence-corrected chi connectivity index (χ3v) is 6.50. The average Bonchev–Trinajstić information content (AvgIpc) is 2.62. The summed E-state index contributed by atoms with van der Waals surface area (Å²) in [5, 5.41) is 0.685. The smallest absolute Gasteiger partial charge is 0.243 e.